The van der Waals surface area contributed by atoms with Gasteiger partial charge in [0.05, 0.1) is 0 Å². The molecular weight excluding hydrogens is 158 g/mol. The van der Waals surface area contributed by atoms with E-state index in [1.807, 2.05) is 0 Å². The normalized spacial score (nSPS) is 9.42. The van der Waals surface area contributed by atoms with E-state index in [2.05, 4.69) is 15.3 Å². The Morgan fingerprint density at radius 3 is 3.08 bits per heavy atom. The van der Waals surface area contributed by atoms with Crippen molar-refractivity contribution in [1.82, 2.24) is 10.5 Å². The zero-order valence-electron chi connectivity index (χ0n) is 6.55. The molecule has 1 aromatic heterocycles. The quantitative estimate of drug-likeness (QED) is 0.325. The van der Waals surface area contributed by atoms with Gasteiger partial charge in [-0.2, -0.15) is 5.48 Å². The van der Waals surface area contributed by atoms with Gasteiger partial charge in [0.25, 0.3) is 5.56 Å². The van der Waals surface area contributed by atoms with Gasteiger partial charge < -0.3 is 9.82 Å². The van der Waals surface area contributed by atoms with Crippen LogP contribution in [0.1, 0.15) is 5.56 Å². The van der Waals surface area contributed by atoms with Crippen LogP contribution in [-0.2, 0) is 4.84 Å². The Bertz CT molecular complexity index is 331. The highest BCUT2D eigenvalue weighted by molar-refractivity contribution is 5.90. The van der Waals surface area contributed by atoms with Crippen molar-refractivity contribution >= 4 is 5.90 Å². The third-order valence-corrected chi connectivity index (χ3v) is 1.27. The monoisotopic (exact) mass is 167 g/mol. The van der Waals surface area contributed by atoms with Gasteiger partial charge >= 0.3 is 0 Å². The number of rotatable bonds is 2. The molecule has 0 unspecified atom stereocenters. The number of hydrogen-bond acceptors (Lipinski definition) is 4. The van der Waals surface area contributed by atoms with E-state index in [0.29, 0.717) is 0 Å². The van der Waals surface area contributed by atoms with E-state index in [0.717, 1.165) is 0 Å². The molecule has 0 aliphatic carbocycles. The van der Waals surface area contributed by atoms with Crippen LogP contribution >= 0.6 is 0 Å². The van der Waals surface area contributed by atoms with E-state index in [4.69, 9.17) is 5.41 Å². The zero-order valence-corrected chi connectivity index (χ0v) is 6.55. The van der Waals surface area contributed by atoms with Gasteiger partial charge in [0.1, 0.15) is 5.56 Å². The average molecular weight is 167 g/mol. The second-order valence-electron chi connectivity index (χ2n) is 2.05. The molecular formula is C7H9N3O2. The van der Waals surface area contributed by atoms with Gasteiger partial charge in [-0.15, -0.1) is 0 Å². The third kappa shape index (κ3) is 1.70. The van der Waals surface area contributed by atoms with Crippen LogP contribution in [0.5, 0.6) is 0 Å². The summed E-state index contributed by atoms with van der Waals surface area (Å²) in [7, 11) is 1.52. The number of hydroxylamine groups is 1. The molecule has 0 fully saturated rings. The Morgan fingerprint density at radius 2 is 2.50 bits per heavy atom. The number of pyridine rings is 1. The van der Waals surface area contributed by atoms with E-state index in [1.54, 1.807) is 6.07 Å². The van der Waals surface area contributed by atoms with Crippen molar-refractivity contribution in [3.63, 3.8) is 0 Å². The van der Waals surface area contributed by atoms with Crippen molar-refractivity contribution < 1.29 is 4.84 Å². The Kier molecular flexibility index (Phi) is 2.60. The van der Waals surface area contributed by atoms with E-state index >= 15 is 0 Å². The first kappa shape index (κ1) is 8.48. The summed E-state index contributed by atoms with van der Waals surface area (Å²) >= 11 is 0. The molecule has 0 radical (unpaired) electrons. The lowest BCUT2D eigenvalue weighted by atomic mass is 10.3. The molecule has 0 aromatic carbocycles. The van der Waals surface area contributed by atoms with Gasteiger partial charge in [-0.1, -0.05) is 0 Å². The Morgan fingerprint density at radius 1 is 1.75 bits per heavy atom. The zero-order chi connectivity index (χ0) is 8.97. The molecule has 0 saturated carbocycles. The molecule has 64 valence electrons. The van der Waals surface area contributed by atoms with Crippen molar-refractivity contribution in [3.8, 4) is 0 Å². The minimum atomic E-state index is -0.335. The maximum Gasteiger partial charge on any atom is 0.260 e. The smallest absolute Gasteiger partial charge is 0.260 e. The Labute approximate surface area is 68.8 Å². The van der Waals surface area contributed by atoms with Crippen LogP contribution in [0.3, 0.4) is 0 Å². The lowest BCUT2D eigenvalue weighted by Gasteiger charge is -2.01. The molecule has 1 heterocycles. The van der Waals surface area contributed by atoms with Crippen molar-refractivity contribution in [3.05, 3.63) is 34.2 Å². The van der Waals surface area contributed by atoms with E-state index in [-0.39, 0.29) is 17.0 Å². The molecule has 0 saturated heterocycles. The van der Waals surface area contributed by atoms with Crippen LogP contribution in [0.15, 0.2) is 23.1 Å². The van der Waals surface area contributed by atoms with Crippen LogP contribution in [-0.4, -0.2) is 17.9 Å². The first-order valence-electron chi connectivity index (χ1n) is 3.36. The van der Waals surface area contributed by atoms with Crippen LogP contribution in [0.25, 0.3) is 0 Å². The number of aromatic amines is 1. The standard InChI is InChI=1S/C7H9N3O2/c1-9-12-6(8)5-3-2-4-10-7(5)11/h2-4,8-9H,1H3,(H,10,11). The fourth-order valence-electron chi connectivity index (χ4n) is 0.757. The number of nitrogens with one attached hydrogen (secondary N) is 3. The molecule has 0 aliphatic heterocycles. The molecule has 5 nitrogen and oxygen atoms in total. The molecule has 0 spiro atoms. The second kappa shape index (κ2) is 3.68. The maximum absolute atomic E-state index is 11.0. The maximum atomic E-state index is 11.0. The summed E-state index contributed by atoms with van der Waals surface area (Å²) in [5.74, 6) is -0.195. The molecule has 0 aliphatic rings. The highest BCUT2D eigenvalue weighted by Crippen LogP contribution is 1.90. The molecule has 1 rings (SSSR count). The summed E-state index contributed by atoms with van der Waals surface area (Å²) in [5, 5.41) is 7.27. The Balaban J connectivity index is 2.95. The number of aromatic nitrogens is 1. The SMILES string of the molecule is CNOC(=N)c1ccc[nH]c1=O. The highest BCUT2D eigenvalue weighted by atomic mass is 16.6. The van der Waals surface area contributed by atoms with Crippen molar-refractivity contribution in [2.24, 2.45) is 0 Å². The van der Waals surface area contributed by atoms with Gasteiger partial charge in [-0.25, -0.2) is 0 Å². The lowest BCUT2D eigenvalue weighted by Crippen LogP contribution is -2.22. The van der Waals surface area contributed by atoms with Crippen molar-refractivity contribution in [2.45, 2.75) is 0 Å². The van der Waals surface area contributed by atoms with E-state index < -0.39 is 0 Å². The summed E-state index contributed by atoms with van der Waals surface area (Å²) < 4.78 is 0. The van der Waals surface area contributed by atoms with Gasteiger partial charge in [-0.05, 0) is 12.1 Å². The molecule has 1 aromatic rings. The minimum absolute atomic E-state index is 0.195. The minimum Gasteiger partial charge on any atom is -0.388 e. The van der Waals surface area contributed by atoms with Gasteiger partial charge in [0.2, 0.25) is 5.90 Å². The molecule has 0 atom stereocenters. The van der Waals surface area contributed by atoms with Crippen molar-refractivity contribution in [2.75, 3.05) is 7.05 Å². The predicted octanol–water partition coefficient (Wildman–Crippen LogP) is -0.149. The van der Waals surface area contributed by atoms with Gasteiger partial charge in [0.15, 0.2) is 0 Å². The van der Waals surface area contributed by atoms with Crippen molar-refractivity contribution in [1.29, 1.82) is 5.41 Å². The summed E-state index contributed by atoms with van der Waals surface area (Å²) in [6.45, 7) is 0. The van der Waals surface area contributed by atoms with Gasteiger partial charge in [0, 0.05) is 13.2 Å². The fraction of sp³-hybridized carbons (Fsp3) is 0.143. The first-order valence-corrected chi connectivity index (χ1v) is 3.36. The Hall–Kier alpha value is -1.62. The first-order chi connectivity index (χ1) is 5.75. The molecule has 0 amide bonds. The van der Waals surface area contributed by atoms with E-state index in [1.165, 1.54) is 19.3 Å². The summed E-state index contributed by atoms with van der Waals surface area (Å²) in [6, 6.07) is 3.14. The molecule has 0 bridgehead atoms. The van der Waals surface area contributed by atoms with Crippen LogP contribution in [0.4, 0.5) is 0 Å². The van der Waals surface area contributed by atoms with Crippen LogP contribution in [0, 0.1) is 5.41 Å². The fourth-order valence-corrected chi connectivity index (χ4v) is 0.757. The molecule has 5 heteroatoms. The van der Waals surface area contributed by atoms with Crippen LogP contribution in [0.2, 0.25) is 0 Å². The number of H-pyrrole nitrogens is 1. The summed E-state index contributed by atoms with van der Waals surface area (Å²) in [5.41, 5.74) is 2.18. The summed E-state index contributed by atoms with van der Waals surface area (Å²) in [4.78, 5) is 18.1. The van der Waals surface area contributed by atoms with Crippen LogP contribution < -0.4 is 11.0 Å². The second-order valence-corrected chi connectivity index (χ2v) is 2.05. The summed E-state index contributed by atoms with van der Waals surface area (Å²) in [6.07, 6.45) is 1.50. The number of hydrogen-bond donors (Lipinski definition) is 3. The molecule has 12 heavy (non-hydrogen) atoms. The lowest BCUT2D eigenvalue weighted by molar-refractivity contribution is 0.207. The predicted molar refractivity (Wildman–Crippen MR) is 44.0 cm³/mol. The highest BCUT2D eigenvalue weighted by Gasteiger charge is 2.05. The molecule has 3 N–H and O–H groups in total. The largest absolute Gasteiger partial charge is 0.388 e. The average Bonchev–Trinajstić information content (AvgIpc) is 2.05. The third-order valence-electron chi connectivity index (χ3n) is 1.27. The van der Waals surface area contributed by atoms with E-state index in [9.17, 15) is 4.79 Å². The van der Waals surface area contributed by atoms with Gasteiger partial charge in [-0.3, -0.25) is 10.2 Å². The topological polar surface area (TPSA) is 78.0 Å².